The van der Waals surface area contributed by atoms with Crippen molar-refractivity contribution in [2.24, 2.45) is 0 Å². The van der Waals surface area contributed by atoms with Crippen LogP contribution >= 0.6 is 0 Å². The summed E-state index contributed by atoms with van der Waals surface area (Å²) < 4.78 is 0. The second kappa shape index (κ2) is 8.27. The topological polar surface area (TPSA) is 13.0 Å². The van der Waals surface area contributed by atoms with Crippen LogP contribution in [0.1, 0.15) is 0 Å². The van der Waals surface area contributed by atoms with E-state index in [1.807, 2.05) is 0 Å². The van der Waals surface area contributed by atoms with Crippen LogP contribution in [0.25, 0.3) is 32.7 Å². The van der Waals surface area contributed by atoms with Gasteiger partial charge in [0, 0.05) is 89.9 Å². The molecule has 166 valence electrons. The molecule has 0 bridgehead atoms. The van der Waals surface area contributed by atoms with E-state index in [1.165, 1.54) is 55.4 Å². The van der Waals surface area contributed by atoms with Crippen molar-refractivity contribution < 1.29 is 0 Å². The molecule has 0 atom stereocenters. The molecule has 0 aliphatic carbocycles. The lowest BCUT2D eigenvalue weighted by Gasteiger charge is -2.25. The number of hydrogen-bond acceptors (Lipinski definition) is 4. The fraction of sp³-hybridized carbons (Fsp3) is 0.286. The van der Waals surface area contributed by atoms with Gasteiger partial charge in [-0.05, 0) is 46.2 Å². The van der Waals surface area contributed by atoms with Gasteiger partial charge in [-0.15, -0.1) is 0 Å². The Morgan fingerprint density at radius 1 is 0.375 bits per heavy atom. The van der Waals surface area contributed by atoms with Gasteiger partial charge in [-0.3, -0.25) is 0 Å². The van der Waals surface area contributed by atoms with E-state index in [4.69, 9.17) is 0 Å². The average molecular weight is 427 g/mol. The molecule has 0 spiro atoms. The van der Waals surface area contributed by atoms with Gasteiger partial charge in [-0.1, -0.05) is 36.4 Å². The number of anilines is 4. The van der Waals surface area contributed by atoms with Crippen LogP contribution in [0.5, 0.6) is 0 Å². The molecule has 0 saturated heterocycles. The Morgan fingerprint density at radius 3 is 1.00 bits per heavy atom. The summed E-state index contributed by atoms with van der Waals surface area (Å²) in [6, 6.07) is 22.3. The lowest BCUT2D eigenvalue weighted by atomic mass is 9.91. The molecular weight excluding hydrogens is 392 g/mol. The van der Waals surface area contributed by atoms with Gasteiger partial charge >= 0.3 is 0 Å². The van der Waals surface area contributed by atoms with Gasteiger partial charge in [-0.25, -0.2) is 0 Å². The average Bonchev–Trinajstić information content (AvgIpc) is 2.76. The maximum Gasteiger partial charge on any atom is 0.0462 e. The molecule has 32 heavy (non-hydrogen) atoms. The molecular formula is C28H34N4. The highest BCUT2D eigenvalue weighted by Gasteiger charge is 2.18. The van der Waals surface area contributed by atoms with E-state index in [2.05, 4.69) is 137 Å². The lowest BCUT2D eigenvalue weighted by molar-refractivity contribution is 1.12. The van der Waals surface area contributed by atoms with E-state index in [-0.39, 0.29) is 0 Å². The van der Waals surface area contributed by atoms with E-state index in [0.29, 0.717) is 0 Å². The quantitative estimate of drug-likeness (QED) is 0.392. The highest BCUT2D eigenvalue weighted by atomic mass is 15.1. The minimum Gasteiger partial charge on any atom is -0.377 e. The minimum absolute atomic E-state index is 1.23. The molecule has 0 N–H and O–H groups in total. The fourth-order valence-electron chi connectivity index (χ4n) is 4.70. The molecule has 4 rings (SSSR count). The predicted molar refractivity (Wildman–Crippen MR) is 144 cm³/mol. The SMILES string of the molecule is CN(C)c1cccc2c(-c3ccc(N(C)C)c4c(N(C)C)cccc34)ccc(N(C)C)c12. The third-order valence-electron chi connectivity index (χ3n) is 6.21. The van der Waals surface area contributed by atoms with Gasteiger partial charge in [0.15, 0.2) is 0 Å². The summed E-state index contributed by atoms with van der Waals surface area (Å²) >= 11 is 0. The van der Waals surface area contributed by atoms with E-state index in [9.17, 15) is 0 Å². The van der Waals surface area contributed by atoms with Gasteiger partial charge in [-0.2, -0.15) is 0 Å². The zero-order valence-corrected chi connectivity index (χ0v) is 20.6. The first-order valence-electron chi connectivity index (χ1n) is 11.0. The molecule has 0 heterocycles. The highest BCUT2D eigenvalue weighted by molar-refractivity contribution is 6.16. The second-order valence-corrected chi connectivity index (χ2v) is 9.24. The zero-order chi connectivity index (χ0) is 23.2. The van der Waals surface area contributed by atoms with Crippen LogP contribution in [0.4, 0.5) is 22.7 Å². The van der Waals surface area contributed by atoms with Gasteiger partial charge in [0.2, 0.25) is 0 Å². The molecule has 0 saturated carbocycles. The highest BCUT2D eigenvalue weighted by Crippen LogP contribution is 2.44. The van der Waals surface area contributed by atoms with Crippen LogP contribution in [-0.2, 0) is 0 Å². The van der Waals surface area contributed by atoms with Crippen LogP contribution in [-0.4, -0.2) is 56.4 Å². The van der Waals surface area contributed by atoms with E-state index >= 15 is 0 Å². The molecule has 4 nitrogen and oxygen atoms in total. The van der Waals surface area contributed by atoms with Gasteiger partial charge in [0.1, 0.15) is 0 Å². The Morgan fingerprint density at radius 2 is 0.688 bits per heavy atom. The van der Waals surface area contributed by atoms with Crippen molar-refractivity contribution in [3.63, 3.8) is 0 Å². The summed E-state index contributed by atoms with van der Waals surface area (Å²) in [5.41, 5.74) is 7.46. The summed E-state index contributed by atoms with van der Waals surface area (Å²) in [5, 5.41) is 5.12. The molecule has 0 fully saturated rings. The minimum atomic E-state index is 1.23. The van der Waals surface area contributed by atoms with Crippen LogP contribution < -0.4 is 19.6 Å². The first-order chi connectivity index (χ1) is 15.2. The molecule has 4 aromatic carbocycles. The Balaban J connectivity index is 2.14. The standard InChI is InChI=1S/C28H34N4/c1-29(2)23-13-9-11-21-19(15-17-25(27(21)23)31(5)6)20-16-18-26(32(7)8)28-22(20)12-10-14-24(28)30(3)4/h9-18H,1-8H3. The fourth-order valence-corrected chi connectivity index (χ4v) is 4.70. The van der Waals surface area contributed by atoms with Crippen molar-refractivity contribution in [2.75, 3.05) is 76.0 Å². The maximum absolute atomic E-state index is 2.28. The summed E-state index contributed by atoms with van der Waals surface area (Å²) in [4.78, 5) is 8.82. The number of fused-ring (bicyclic) bond motifs is 2. The van der Waals surface area contributed by atoms with Crippen LogP contribution in [0.15, 0.2) is 60.7 Å². The molecule has 4 heteroatoms. The van der Waals surface area contributed by atoms with Crippen LogP contribution in [0, 0.1) is 0 Å². The van der Waals surface area contributed by atoms with E-state index in [0.717, 1.165) is 0 Å². The van der Waals surface area contributed by atoms with E-state index in [1.54, 1.807) is 0 Å². The van der Waals surface area contributed by atoms with Crippen molar-refractivity contribution in [3.8, 4) is 11.1 Å². The summed E-state index contributed by atoms with van der Waals surface area (Å²) in [6.45, 7) is 0. The molecule has 0 aromatic heterocycles. The smallest absolute Gasteiger partial charge is 0.0462 e. The number of benzene rings is 4. The van der Waals surface area contributed by atoms with Gasteiger partial charge < -0.3 is 19.6 Å². The van der Waals surface area contributed by atoms with Crippen molar-refractivity contribution in [3.05, 3.63) is 60.7 Å². The summed E-state index contributed by atoms with van der Waals surface area (Å²) in [5.74, 6) is 0. The van der Waals surface area contributed by atoms with E-state index < -0.39 is 0 Å². The van der Waals surface area contributed by atoms with Crippen molar-refractivity contribution >= 4 is 44.3 Å². The van der Waals surface area contributed by atoms with Gasteiger partial charge in [0.05, 0.1) is 0 Å². The first kappa shape index (κ1) is 21.8. The molecule has 4 aromatic rings. The molecule has 0 aliphatic heterocycles. The largest absolute Gasteiger partial charge is 0.377 e. The summed E-state index contributed by atoms with van der Waals surface area (Å²) in [7, 11) is 16.9. The normalized spacial score (nSPS) is 11.1. The van der Waals surface area contributed by atoms with Crippen molar-refractivity contribution in [2.45, 2.75) is 0 Å². The van der Waals surface area contributed by atoms with Crippen LogP contribution in [0.3, 0.4) is 0 Å². The predicted octanol–water partition coefficient (Wildman–Crippen LogP) is 5.92. The summed E-state index contributed by atoms with van der Waals surface area (Å²) in [6.07, 6.45) is 0. The molecule has 0 unspecified atom stereocenters. The first-order valence-corrected chi connectivity index (χ1v) is 11.0. The van der Waals surface area contributed by atoms with Crippen molar-refractivity contribution in [1.82, 2.24) is 0 Å². The molecule has 0 aliphatic rings. The molecule has 0 amide bonds. The number of nitrogens with zero attached hydrogens (tertiary/aromatic N) is 4. The van der Waals surface area contributed by atoms with Crippen LogP contribution in [0.2, 0.25) is 0 Å². The maximum atomic E-state index is 2.28. The Labute approximate surface area is 192 Å². The zero-order valence-electron chi connectivity index (χ0n) is 20.6. The third kappa shape index (κ3) is 3.50. The number of hydrogen-bond donors (Lipinski definition) is 0. The number of rotatable bonds is 5. The van der Waals surface area contributed by atoms with Gasteiger partial charge in [0.25, 0.3) is 0 Å². The third-order valence-corrected chi connectivity index (χ3v) is 6.21. The lowest BCUT2D eigenvalue weighted by Crippen LogP contribution is -2.14. The Hall–Kier alpha value is -3.40. The molecule has 0 radical (unpaired) electrons. The second-order valence-electron chi connectivity index (χ2n) is 9.24. The van der Waals surface area contributed by atoms with Crippen molar-refractivity contribution in [1.29, 1.82) is 0 Å². The monoisotopic (exact) mass is 426 g/mol. The Kier molecular flexibility index (Phi) is 5.64. The Bertz CT molecular complexity index is 1160.